The van der Waals surface area contributed by atoms with E-state index in [4.69, 9.17) is 23.7 Å². The molecule has 0 spiro atoms. The van der Waals surface area contributed by atoms with Crippen molar-refractivity contribution in [1.29, 1.82) is 0 Å². The normalized spacial score (nSPS) is 10.7. The first-order chi connectivity index (χ1) is 19.3. The molecule has 0 aliphatic carbocycles. The number of methoxy groups -OCH3 is 3. The van der Waals surface area contributed by atoms with Crippen LogP contribution in [0.4, 0.5) is 10.5 Å². The Bertz CT molecular complexity index is 1220. The Balaban J connectivity index is 0.000000319. The van der Waals surface area contributed by atoms with Crippen molar-refractivity contribution < 1.29 is 38.1 Å². The molecular formula is C30H36N2O8. The maximum atomic E-state index is 12.5. The Morgan fingerprint density at radius 3 is 1.93 bits per heavy atom. The summed E-state index contributed by atoms with van der Waals surface area (Å²) in [6, 6.07) is 19.7. The topological polar surface area (TPSA) is 121 Å². The summed E-state index contributed by atoms with van der Waals surface area (Å²) in [6.45, 7) is 3.82. The Morgan fingerprint density at radius 1 is 0.850 bits per heavy atom. The highest BCUT2D eigenvalue weighted by Gasteiger charge is 2.19. The Morgan fingerprint density at radius 2 is 1.45 bits per heavy atom. The summed E-state index contributed by atoms with van der Waals surface area (Å²) in [5.41, 5.74) is 2.17. The minimum Gasteiger partial charge on any atom is -0.493 e. The quantitative estimate of drug-likeness (QED) is 0.320. The van der Waals surface area contributed by atoms with Crippen LogP contribution in [0.15, 0.2) is 66.7 Å². The summed E-state index contributed by atoms with van der Waals surface area (Å²) < 4.78 is 26.2. The number of esters is 1. The van der Waals surface area contributed by atoms with Crippen molar-refractivity contribution in [3.8, 4) is 23.0 Å². The highest BCUT2D eigenvalue weighted by molar-refractivity contribution is 5.91. The summed E-state index contributed by atoms with van der Waals surface area (Å²) in [5, 5.41) is 4.93. The lowest BCUT2D eigenvalue weighted by atomic mass is 9.97. The molecular weight excluding hydrogens is 516 g/mol. The zero-order valence-electron chi connectivity index (χ0n) is 23.6. The molecule has 0 saturated carbocycles. The maximum Gasteiger partial charge on any atom is 0.412 e. The molecule has 2 N–H and O–H groups in total. The lowest BCUT2D eigenvalue weighted by Crippen LogP contribution is -2.21. The van der Waals surface area contributed by atoms with Crippen LogP contribution in [0.2, 0.25) is 0 Å². The standard InChI is InChI=1S/C20H24O5.C10H12N2O3/c1-5-14(15-9-7-6-8-10-15)13-25-20(21)16-11-17(22-2)19(24-4)18(12-16)23-3;1-7(13)12-8-3-5-9(6-4-8)15-10(14)11-2/h6-12,14H,5,13H2,1-4H3;3-6H,1-2H3,(H,11,14)(H,12,13). The van der Waals surface area contributed by atoms with Crippen LogP contribution < -0.4 is 29.6 Å². The van der Waals surface area contributed by atoms with Gasteiger partial charge in [-0.2, -0.15) is 0 Å². The van der Waals surface area contributed by atoms with E-state index in [-0.39, 0.29) is 11.8 Å². The summed E-state index contributed by atoms with van der Waals surface area (Å²) in [4.78, 5) is 34.0. The van der Waals surface area contributed by atoms with Gasteiger partial charge >= 0.3 is 12.1 Å². The zero-order valence-corrected chi connectivity index (χ0v) is 23.6. The van der Waals surface area contributed by atoms with Gasteiger partial charge in [-0.1, -0.05) is 37.3 Å². The van der Waals surface area contributed by atoms with Crippen molar-refractivity contribution in [3.05, 3.63) is 77.9 Å². The molecule has 2 amide bonds. The molecule has 0 aliphatic rings. The molecule has 0 fully saturated rings. The second kappa shape index (κ2) is 16.3. The molecule has 214 valence electrons. The van der Waals surface area contributed by atoms with Gasteiger partial charge in [0, 0.05) is 25.6 Å². The van der Waals surface area contributed by atoms with E-state index in [1.807, 2.05) is 30.3 Å². The first kappa shape index (κ1) is 31.5. The minimum atomic E-state index is -0.526. The van der Waals surface area contributed by atoms with Gasteiger partial charge in [0.05, 0.1) is 33.5 Å². The number of rotatable bonds is 10. The van der Waals surface area contributed by atoms with Crippen molar-refractivity contribution in [2.75, 3.05) is 40.3 Å². The van der Waals surface area contributed by atoms with E-state index in [0.717, 1.165) is 12.0 Å². The van der Waals surface area contributed by atoms with Gasteiger partial charge in [0.1, 0.15) is 5.75 Å². The van der Waals surface area contributed by atoms with Gasteiger partial charge in [-0.3, -0.25) is 4.79 Å². The van der Waals surface area contributed by atoms with Crippen molar-refractivity contribution in [2.45, 2.75) is 26.2 Å². The average Bonchev–Trinajstić information content (AvgIpc) is 2.98. The predicted molar refractivity (Wildman–Crippen MR) is 152 cm³/mol. The fourth-order valence-electron chi connectivity index (χ4n) is 3.60. The molecule has 40 heavy (non-hydrogen) atoms. The van der Waals surface area contributed by atoms with Gasteiger partial charge in [0.25, 0.3) is 0 Å². The largest absolute Gasteiger partial charge is 0.493 e. The van der Waals surface area contributed by atoms with Crippen LogP contribution in [0.25, 0.3) is 0 Å². The van der Waals surface area contributed by atoms with Crippen LogP contribution in [0.5, 0.6) is 23.0 Å². The molecule has 3 aromatic rings. The maximum absolute atomic E-state index is 12.5. The zero-order chi connectivity index (χ0) is 29.5. The van der Waals surface area contributed by atoms with Gasteiger partial charge in [0.15, 0.2) is 11.5 Å². The van der Waals surface area contributed by atoms with Crippen LogP contribution in [-0.4, -0.2) is 53.0 Å². The van der Waals surface area contributed by atoms with Gasteiger partial charge in [-0.15, -0.1) is 0 Å². The first-order valence-corrected chi connectivity index (χ1v) is 12.5. The van der Waals surface area contributed by atoms with Gasteiger partial charge in [0.2, 0.25) is 11.7 Å². The molecule has 0 heterocycles. The molecule has 0 bridgehead atoms. The van der Waals surface area contributed by atoms with Gasteiger partial charge in [-0.05, 0) is 48.4 Å². The average molecular weight is 553 g/mol. The van der Waals surface area contributed by atoms with Gasteiger partial charge < -0.3 is 34.3 Å². The monoisotopic (exact) mass is 552 g/mol. The Labute approximate surface area is 234 Å². The van der Waals surface area contributed by atoms with Crippen LogP contribution in [0.1, 0.15) is 42.1 Å². The number of benzene rings is 3. The fourth-order valence-corrected chi connectivity index (χ4v) is 3.60. The number of ether oxygens (including phenoxy) is 5. The second-order valence-electron chi connectivity index (χ2n) is 8.37. The lowest BCUT2D eigenvalue weighted by Gasteiger charge is -2.17. The van der Waals surface area contributed by atoms with Crippen LogP contribution in [-0.2, 0) is 9.53 Å². The SMILES string of the molecule is CCC(COC(=O)c1cc(OC)c(OC)c(OC)c1)c1ccccc1.CNC(=O)Oc1ccc(NC(C)=O)cc1. The first-order valence-electron chi connectivity index (χ1n) is 12.5. The van der Waals surface area contributed by atoms with E-state index >= 15 is 0 Å². The molecule has 3 aromatic carbocycles. The Hall–Kier alpha value is -4.73. The van der Waals surface area contributed by atoms with E-state index in [9.17, 15) is 14.4 Å². The number of carbonyl (C=O) groups is 3. The number of amides is 2. The number of hydrogen-bond acceptors (Lipinski definition) is 8. The number of carbonyl (C=O) groups excluding carboxylic acids is 3. The fraction of sp³-hybridized carbons (Fsp3) is 0.300. The molecule has 10 nitrogen and oxygen atoms in total. The molecule has 1 atom stereocenters. The molecule has 0 radical (unpaired) electrons. The summed E-state index contributed by atoms with van der Waals surface area (Å²) in [5.74, 6) is 1.30. The third-order valence-corrected chi connectivity index (χ3v) is 5.67. The van der Waals surface area contributed by atoms with E-state index in [0.29, 0.717) is 40.9 Å². The van der Waals surface area contributed by atoms with E-state index in [1.54, 1.807) is 36.4 Å². The molecule has 10 heteroatoms. The minimum absolute atomic E-state index is 0.144. The lowest BCUT2D eigenvalue weighted by molar-refractivity contribution is -0.114. The summed E-state index contributed by atoms with van der Waals surface area (Å²) >= 11 is 0. The number of anilines is 1. The molecule has 1 unspecified atom stereocenters. The van der Waals surface area contributed by atoms with Crippen LogP contribution in [0, 0.1) is 0 Å². The molecule has 0 aliphatic heterocycles. The van der Waals surface area contributed by atoms with Crippen LogP contribution >= 0.6 is 0 Å². The Kier molecular flexibility index (Phi) is 12.8. The van der Waals surface area contributed by atoms with Crippen LogP contribution in [0.3, 0.4) is 0 Å². The van der Waals surface area contributed by atoms with Crippen molar-refractivity contribution in [1.82, 2.24) is 5.32 Å². The van der Waals surface area contributed by atoms with E-state index in [2.05, 4.69) is 17.6 Å². The van der Waals surface area contributed by atoms with E-state index < -0.39 is 12.1 Å². The smallest absolute Gasteiger partial charge is 0.412 e. The molecule has 3 rings (SSSR count). The van der Waals surface area contributed by atoms with Crippen molar-refractivity contribution in [2.24, 2.45) is 0 Å². The third-order valence-electron chi connectivity index (χ3n) is 5.67. The number of nitrogens with one attached hydrogen (secondary N) is 2. The van der Waals surface area contributed by atoms with Crippen molar-refractivity contribution in [3.63, 3.8) is 0 Å². The number of hydrogen-bond donors (Lipinski definition) is 2. The third kappa shape index (κ3) is 9.54. The molecule has 0 aromatic heterocycles. The molecule has 0 saturated heterocycles. The van der Waals surface area contributed by atoms with Gasteiger partial charge in [-0.25, -0.2) is 9.59 Å². The summed E-state index contributed by atoms with van der Waals surface area (Å²) in [6.07, 6.45) is 0.356. The summed E-state index contributed by atoms with van der Waals surface area (Å²) in [7, 11) is 6.02. The van der Waals surface area contributed by atoms with Crippen molar-refractivity contribution >= 4 is 23.7 Å². The second-order valence-corrected chi connectivity index (χ2v) is 8.37. The highest BCUT2D eigenvalue weighted by Crippen LogP contribution is 2.38. The predicted octanol–water partition coefficient (Wildman–Crippen LogP) is 5.43. The highest BCUT2D eigenvalue weighted by atomic mass is 16.6. The van der Waals surface area contributed by atoms with E-state index in [1.165, 1.54) is 35.3 Å².